The van der Waals surface area contributed by atoms with Crippen molar-refractivity contribution in [3.8, 4) is 0 Å². The molecule has 1 aliphatic heterocycles. The third kappa shape index (κ3) is 6.29. The summed E-state index contributed by atoms with van der Waals surface area (Å²) in [6.07, 6.45) is 0.985. The minimum Gasteiger partial charge on any atom is -0.468 e. The van der Waals surface area contributed by atoms with E-state index in [2.05, 4.69) is 4.99 Å². The highest BCUT2D eigenvalue weighted by molar-refractivity contribution is 7.89. The molecule has 4 rings (SSSR count). The van der Waals surface area contributed by atoms with Crippen molar-refractivity contribution in [1.82, 2.24) is 8.87 Å². The minimum atomic E-state index is -3.68. The maximum absolute atomic E-state index is 13.2. The van der Waals surface area contributed by atoms with Gasteiger partial charge in [-0.2, -0.15) is 9.30 Å². The summed E-state index contributed by atoms with van der Waals surface area (Å²) in [5, 5.41) is 0. The number of carbonyl (C=O) groups excluding carboxylic acids is 3. The van der Waals surface area contributed by atoms with Crippen molar-refractivity contribution in [3.63, 3.8) is 0 Å². The van der Waals surface area contributed by atoms with Gasteiger partial charge in [0, 0.05) is 18.7 Å². The summed E-state index contributed by atoms with van der Waals surface area (Å²) in [5.41, 5.74) is 1.13. The molecule has 39 heavy (non-hydrogen) atoms. The van der Waals surface area contributed by atoms with Crippen molar-refractivity contribution < 1.29 is 32.3 Å². The van der Waals surface area contributed by atoms with Crippen LogP contribution in [0.3, 0.4) is 0 Å². The van der Waals surface area contributed by atoms with Crippen LogP contribution < -0.4 is 4.80 Å². The van der Waals surface area contributed by atoms with Crippen LogP contribution in [0, 0.1) is 11.8 Å². The summed E-state index contributed by atoms with van der Waals surface area (Å²) >= 11 is 1.13. The second kappa shape index (κ2) is 11.8. The van der Waals surface area contributed by atoms with Crippen LogP contribution in [0.4, 0.5) is 0 Å². The van der Waals surface area contributed by atoms with Crippen molar-refractivity contribution in [2.45, 2.75) is 38.6 Å². The number of hydrogen-bond acceptors (Lipinski definition) is 8. The van der Waals surface area contributed by atoms with E-state index in [1.165, 1.54) is 40.2 Å². The van der Waals surface area contributed by atoms with E-state index in [0.29, 0.717) is 28.9 Å². The number of esters is 2. The first kappa shape index (κ1) is 28.7. The number of thiazole rings is 1. The molecular weight excluding hydrogens is 542 g/mol. The van der Waals surface area contributed by atoms with E-state index in [0.717, 1.165) is 17.8 Å². The molecule has 0 saturated carbocycles. The Morgan fingerprint density at radius 3 is 2.28 bits per heavy atom. The molecule has 12 heteroatoms. The quantitative estimate of drug-likeness (QED) is 0.397. The first-order valence-corrected chi connectivity index (χ1v) is 14.9. The van der Waals surface area contributed by atoms with Crippen molar-refractivity contribution in [2.75, 3.05) is 26.8 Å². The molecular formula is C27H31N3O7S2. The van der Waals surface area contributed by atoms with Gasteiger partial charge in [-0.3, -0.25) is 9.59 Å². The first-order chi connectivity index (χ1) is 18.5. The average molecular weight is 574 g/mol. The Morgan fingerprint density at radius 2 is 1.67 bits per heavy atom. The SMILES string of the molecule is CCOC(=O)c1ccc2c(c1)sc(=NC(=O)c1ccc(S(=O)(=O)N3CC(C)CC(C)C3)cc1)n2CC(=O)OC. The van der Waals surface area contributed by atoms with Crippen LogP contribution in [0.15, 0.2) is 52.4 Å². The highest BCUT2D eigenvalue weighted by Crippen LogP contribution is 2.27. The van der Waals surface area contributed by atoms with Crippen LogP contribution in [0.5, 0.6) is 0 Å². The van der Waals surface area contributed by atoms with E-state index in [1.54, 1.807) is 25.1 Å². The van der Waals surface area contributed by atoms with Crippen LogP contribution in [0.2, 0.25) is 0 Å². The van der Waals surface area contributed by atoms with Gasteiger partial charge in [0.25, 0.3) is 5.91 Å². The topological polar surface area (TPSA) is 124 Å². The van der Waals surface area contributed by atoms with E-state index < -0.39 is 27.9 Å². The number of fused-ring (bicyclic) bond motifs is 1. The Kier molecular flexibility index (Phi) is 8.67. The van der Waals surface area contributed by atoms with Gasteiger partial charge in [-0.25, -0.2) is 13.2 Å². The fourth-order valence-corrected chi connectivity index (χ4v) is 7.47. The molecule has 1 aliphatic rings. The van der Waals surface area contributed by atoms with Gasteiger partial charge < -0.3 is 14.0 Å². The largest absolute Gasteiger partial charge is 0.468 e. The molecule has 1 aromatic heterocycles. The van der Waals surface area contributed by atoms with Gasteiger partial charge in [0.15, 0.2) is 4.80 Å². The summed E-state index contributed by atoms with van der Waals surface area (Å²) in [7, 11) is -2.42. The van der Waals surface area contributed by atoms with Crippen LogP contribution >= 0.6 is 11.3 Å². The standard InChI is InChI=1S/C27H31N3O7S2/c1-5-37-26(33)20-8-11-22-23(13-20)38-27(30(22)16-24(31)36-4)28-25(32)19-6-9-21(10-7-19)39(34,35)29-14-17(2)12-18(3)15-29/h6-11,13,17-18H,5,12,14-16H2,1-4H3. The molecule has 10 nitrogen and oxygen atoms in total. The molecule has 0 bridgehead atoms. The number of hydrogen-bond donors (Lipinski definition) is 0. The second-order valence-electron chi connectivity index (χ2n) is 9.66. The molecule has 2 aromatic carbocycles. The molecule has 2 atom stereocenters. The van der Waals surface area contributed by atoms with Crippen molar-refractivity contribution in [2.24, 2.45) is 16.8 Å². The number of piperidine rings is 1. The Bertz CT molecular complexity index is 1560. The summed E-state index contributed by atoms with van der Waals surface area (Å²) in [6, 6.07) is 10.6. The predicted molar refractivity (Wildman–Crippen MR) is 146 cm³/mol. The van der Waals surface area contributed by atoms with Crippen LogP contribution in [0.25, 0.3) is 10.2 Å². The van der Waals surface area contributed by atoms with E-state index >= 15 is 0 Å². The zero-order valence-corrected chi connectivity index (χ0v) is 23.9. The van der Waals surface area contributed by atoms with Gasteiger partial charge in [0.05, 0.1) is 34.4 Å². The van der Waals surface area contributed by atoms with Crippen molar-refractivity contribution in [3.05, 3.63) is 58.4 Å². The zero-order chi connectivity index (χ0) is 28.3. The highest BCUT2D eigenvalue weighted by atomic mass is 32.2. The number of methoxy groups -OCH3 is 1. The third-order valence-electron chi connectivity index (χ3n) is 6.48. The molecule has 0 N–H and O–H groups in total. The Labute approximate surface area is 230 Å². The van der Waals surface area contributed by atoms with Crippen molar-refractivity contribution in [1.29, 1.82) is 0 Å². The number of ether oxygens (including phenoxy) is 2. The number of carbonyl (C=O) groups is 3. The molecule has 0 spiro atoms. The minimum absolute atomic E-state index is 0.120. The smallest absolute Gasteiger partial charge is 0.338 e. The second-order valence-corrected chi connectivity index (χ2v) is 12.6. The number of benzene rings is 2. The van der Waals surface area contributed by atoms with Gasteiger partial charge >= 0.3 is 11.9 Å². The summed E-state index contributed by atoms with van der Waals surface area (Å²) in [5.74, 6) is -1.07. The molecule has 1 amide bonds. The van der Waals surface area contributed by atoms with Gasteiger partial charge in [-0.05, 0) is 67.6 Å². The van der Waals surface area contributed by atoms with E-state index in [4.69, 9.17) is 9.47 Å². The maximum Gasteiger partial charge on any atom is 0.338 e. The van der Waals surface area contributed by atoms with E-state index in [1.807, 2.05) is 13.8 Å². The van der Waals surface area contributed by atoms with Gasteiger partial charge in [0.2, 0.25) is 10.0 Å². The highest BCUT2D eigenvalue weighted by Gasteiger charge is 2.31. The maximum atomic E-state index is 13.2. The lowest BCUT2D eigenvalue weighted by Crippen LogP contribution is -2.42. The zero-order valence-electron chi connectivity index (χ0n) is 22.2. The lowest BCUT2D eigenvalue weighted by atomic mass is 9.94. The van der Waals surface area contributed by atoms with Gasteiger partial charge in [-0.1, -0.05) is 25.2 Å². The number of sulfonamides is 1. The lowest BCUT2D eigenvalue weighted by molar-refractivity contribution is -0.141. The number of aromatic nitrogens is 1. The molecule has 2 heterocycles. The Hall–Kier alpha value is -3.35. The average Bonchev–Trinajstić information content (AvgIpc) is 3.23. The van der Waals surface area contributed by atoms with Gasteiger partial charge in [-0.15, -0.1) is 0 Å². The van der Waals surface area contributed by atoms with Crippen LogP contribution in [0.1, 0.15) is 47.9 Å². The van der Waals surface area contributed by atoms with E-state index in [9.17, 15) is 22.8 Å². The third-order valence-corrected chi connectivity index (χ3v) is 9.37. The number of nitrogens with zero attached hydrogens (tertiary/aromatic N) is 3. The first-order valence-electron chi connectivity index (χ1n) is 12.6. The summed E-state index contributed by atoms with van der Waals surface area (Å²) < 4.78 is 39.9. The predicted octanol–water partition coefficient (Wildman–Crippen LogP) is 3.46. The molecule has 2 unspecified atom stereocenters. The number of amides is 1. The molecule has 0 aliphatic carbocycles. The fourth-order valence-electron chi connectivity index (χ4n) is 4.72. The molecule has 208 valence electrons. The molecule has 0 radical (unpaired) electrons. The summed E-state index contributed by atoms with van der Waals surface area (Å²) in [6.45, 7) is 6.77. The number of rotatable bonds is 7. The Morgan fingerprint density at radius 1 is 1.03 bits per heavy atom. The summed E-state index contributed by atoms with van der Waals surface area (Å²) in [4.78, 5) is 41.9. The van der Waals surface area contributed by atoms with Gasteiger partial charge in [0.1, 0.15) is 6.54 Å². The lowest BCUT2D eigenvalue weighted by Gasteiger charge is -2.34. The fraction of sp³-hybridized carbons (Fsp3) is 0.407. The molecule has 3 aromatic rings. The van der Waals surface area contributed by atoms with E-state index in [-0.39, 0.29) is 40.2 Å². The normalized spacial score (nSPS) is 18.7. The monoisotopic (exact) mass is 573 g/mol. The molecule has 1 fully saturated rings. The molecule has 1 saturated heterocycles. The van der Waals surface area contributed by atoms with Crippen molar-refractivity contribution >= 4 is 49.4 Å². The Balaban J connectivity index is 1.67. The van der Waals surface area contributed by atoms with Crippen LogP contribution in [-0.4, -0.2) is 61.9 Å². The van der Waals surface area contributed by atoms with Crippen LogP contribution in [-0.2, 0) is 30.8 Å².